The van der Waals surface area contributed by atoms with E-state index in [1.165, 1.54) is 42.5 Å². The number of sulfonamides is 1. The number of pyridine rings is 1. The second-order valence-corrected chi connectivity index (χ2v) is 7.75. The molecule has 3 rings (SSSR count). The molecule has 3 aromatic rings. The summed E-state index contributed by atoms with van der Waals surface area (Å²) in [5.41, 5.74) is 1.73. The lowest BCUT2D eigenvalue weighted by atomic mass is 10.2. The standard InChI is InChI=1S/C20H18FN3O3S/c1-14-5-4-6-16(23-14)13-22-20(25)15-9-11-17(12-10-15)28(26,27)24-19-8-3-2-7-18(19)21/h2-12,24H,13H2,1H3,(H,22,25). The zero-order valence-electron chi connectivity index (χ0n) is 15.0. The summed E-state index contributed by atoms with van der Waals surface area (Å²) in [6, 6.07) is 16.4. The molecule has 28 heavy (non-hydrogen) atoms. The predicted molar refractivity (Wildman–Crippen MR) is 104 cm³/mol. The second-order valence-electron chi connectivity index (χ2n) is 6.06. The molecule has 0 saturated heterocycles. The van der Waals surface area contributed by atoms with Gasteiger partial charge in [0.05, 0.1) is 22.8 Å². The second kappa shape index (κ2) is 8.18. The molecular weight excluding hydrogens is 381 g/mol. The van der Waals surface area contributed by atoms with Gasteiger partial charge in [-0.25, -0.2) is 12.8 Å². The number of nitrogens with one attached hydrogen (secondary N) is 2. The summed E-state index contributed by atoms with van der Waals surface area (Å²) in [6.45, 7) is 2.12. The van der Waals surface area contributed by atoms with Gasteiger partial charge in [-0.3, -0.25) is 14.5 Å². The van der Waals surface area contributed by atoms with Crippen molar-refractivity contribution in [2.24, 2.45) is 0 Å². The molecule has 6 nitrogen and oxygen atoms in total. The van der Waals surface area contributed by atoms with Crippen molar-refractivity contribution in [3.63, 3.8) is 0 Å². The zero-order chi connectivity index (χ0) is 20.1. The Hall–Kier alpha value is -3.26. The van der Waals surface area contributed by atoms with Gasteiger partial charge in [-0.15, -0.1) is 0 Å². The highest BCUT2D eigenvalue weighted by Crippen LogP contribution is 2.19. The minimum atomic E-state index is -3.97. The average molecular weight is 399 g/mol. The molecule has 2 aromatic carbocycles. The third kappa shape index (κ3) is 4.72. The van der Waals surface area contributed by atoms with Crippen LogP contribution >= 0.6 is 0 Å². The molecule has 2 N–H and O–H groups in total. The summed E-state index contributed by atoms with van der Waals surface area (Å²) in [7, 11) is -3.97. The fourth-order valence-electron chi connectivity index (χ4n) is 2.50. The SMILES string of the molecule is Cc1cccc(CNC(=O)c2ccc(S(=O)(=O)Nc3ccccc3F)cc2)n1. The van der Waals surface area contributed by atoms with E-state index in [9.17, 15) is 17.6 Å². The molecule has 0 saturated carbocycles. The maximum Gasteiger partial charge on any atom is 0.261 e. The molecule has 0 aliphatic rings. The lowest BCUT2D eigenvalue weighted by Crippen LogP contribution is -2.23. The summed E-state index contributed by atoms with van der Waals surface area (Å²) in [5, 5.41) is 2.73. The van der Waals surface area contributed by atoms with E-state index in [4.69, 9.17) is 0 Å². The van der Waals surface area contributed by atoms with Crippen LogP contribution in [-0.2, 0) is 16.6 Å². The third-order valence-electron chi connectivity index (χ3n) is 3.92. The Labute approximate surface area is 162 Å². The molecule has 144 valence electrons. The van der Waals surface area contributed by atoms with Crippen molar-refractivity contribution in [3.8, 4) is 0 Å². The van der Waals surface area contributed by atoms with Gasteiger partial charge in [0.2, 0.25) is 0 Å². The lowest BCUT2D eigenvalue weighted by molar-refractivity contribution is 0.0950. The quantitative estimate of drug-likeness (QED) is 0.666. The number of aryl methyl sites for hydroxylation is 1. The summed E-state index contributed by atoms with van der Waals surface area (Å²) in [4.78, 5) is 16.5. The minimum Gasteiger partial charge on any atom is -0.346 e. The average Bonchev–Trinajstić information content (AvgIpc) is 2.68. The predicted octanol–water partition coefficient (Wildman–Crippen LogP) is 3.26. The van der Waals surface area contributed by atoms with Crippen LogP contribution in [0.1, 0.15) is 21.7 Å². The van der Waals surface area contributed by atoms with Gasteiger partial charge in [0, 0.05) is 11.3 Å². The van der Waals surface area contributed by atoms with Crippen LogP contribution in [-0.4, -0.2) is 19.3 Å². The van der Waals surface area contributed by atoms with E-state index < -0.39 is 15.8 Å². The number of rotatable bonds is 6. The van der Waals surface area contributed by atoms with Crippen LogP contribution in [0, 0.1) is 12.7 Å². The molecule has 0 atom stereocenters. The monoisotopic (exact) mass is 399 g/mol. The Morgan fingerprint density at radius 1 is 1.00 bits per heavy atom. The van der Waals surface area contributed by atoms with Crippen molar-refractivity contribution < 1.29 is 17.6 Å². The van der Waals surface area contributed by atoms with Gasteiger partial charge in [-0.2, -0.15) is 0 Å². The number of halogens is 1. The first-order valence-corrected chi connectivity index (χ1v) is 9.91. The smallest absolute Gasteiger partial charge is 0.261 e. The van der Waals surface area contributed by atoms with Crippen molar-refractivity contribution in [2.45, 2.75) is 18.4 Å². The first-order chi connectivity index (χ1) is 13.3. The first kappa shape index (κ1) is 19.5. The van der Waals surface area contributed by atoms with Gasteiger partial charge in [0.25, 0.3) is 15.9 Å². The van der Waals surface area contributed by atoms with E-state index in [1.807, 2.05) is 19.1 Å². The minimum absolute atomic E-state index is 0.0762. The summed E-state index contributed by atoms with van der Waals surface area (Å²) < 4.78 is 40.6. The first-order valence-electron chi connectivity index (χ1n) is 8.43. The maximum atomic E-state index is 13.7. The van der Waals surface area contributed by atoms with Gasteiger partial charge in [0.15, 0.2) is 0 Å². The Kier molecular flexibility index (Phi) is 5.70. The van der Waals surface area contributed by atoms with Crippen molar-refractivity contribution in [1.29, 1.82) is 0 Å². The number of anilines is 1. The maximum absolute atomic E-state index is 13.7. The molecule has 0 bridgehead atoms. The molecule has 8 heteroatoms. The van der Waals surface area contributed by atoms with Crippen LogP contribution in [0.15, 0.2) is 71.6 Å². The highest BCUT2D eigenvalue weighted by Gasteiger charge is 2.17. The Morgan fingerprint density at radius 3 is 2.39 bits per heavy atom. The molecule has 1 aromatic heterocycles. The Bertz CT molecular complexity index is 1100. The van der Waals surface area contributed by atoms with Crippen LogP contribution in [0.3, 0.4) is 0 Å². The van der Waals surface area contributed by atoms with Gasteiger partial charge in [-0.05, 0) is 55.5 Å². The van der Waals surface area contributed by atoms with Crippen LogP contribution in [0.4, 0.5) is 10.1 Å². The van der Waals surface area contributed by atoms with E-state index in [0.717, 1.165) is 17.5 Å². The molecule has 0 spiro atoms. The van der Waals surface area contributed by atoms with Crippen LogP contribution in [0.25, 0.3) is 0 Å². The largest absolute Gasteiger partial charge is 0.346 e. The number of carbonyl (C=O) groups is 1. The summed E-state index contributed by atoms with van der Waals surface area (Å²) in [5.74, 6) is -1.03. The van der Waals surface area contributed by atoms with E-state index in [-0.39, 0.29) is 23.0 Å². The third-order valence-corrected chi connectivity index (χ3v) is 5.30. The van der Waals surface area contributed by atoms with E-state index in [1.54, 1.807) is 6.07 Å². The van der Waals surface area contributed by atoms with E-state index in [0.29, 0.717) is 5.56 Å². The fraction of sp³-hybridized carbons (Fsp3) is 0.100. The summed E-state index contributed by atoms with van der Waals surface area (Å²) >= 11 is 0. The van der Waals surface area contributed by atoms with Gasteiger partial charge < -0.3 is 5.32 Å². The fourth-order valence-corrected chi connectivity index (χ4v) is 3.57. The van der Waals surface area contributed by atoms with Gasteiger partial charge >= 0.3 is 0 Å². The molecule has 1 heterocycles. The molecule has 0 fully saturated rings. The number of nitrogens with zero attached hydrogens (tertiary/aromatic N) is 1. The molecular formula is C20H18FN3O3S. The van der Waals surface area contributed by atoms with Gasteiger partial charge in [0.1, 0.15) is 5.82 Å². The van der Waals surface area contributed by atoms with Crippen molar-refractivity contribution in [2.75, 3.05) is 4.72 Å². The number of amides is 1. The topological polar surface area (TPSA) is 88.2 Å². The number of carbonyl (C=O) groups excluding carboxylic acids is 1. The molecule has 0 aliphatic carbocycles. The normalized spacial score (nSPS) is 11.1. The molecule has 0 unspecified atom stereocenters. The number of para-hydroxylation sites is 1. The van der Waals surface area contributed by atoms with Crippen LogP contribution in [0.5, 0.6) is 0 Å². The highest BCUT2D eigenvalue weighted by atomic mass is 32.2. The van der Waals surface area contributed by atoms with Gasteiger partial charge in [-0.1, -0.05) is 18.2 Å². The van der Waals surface area contributed by atoms with Crippen LogP contribution < -0.4 is 10.0 Å². The van der Waals surface area contributed by atoms with Crippen molar-refractivity contribution >= 4 is 21.6 Å². The molecule has 0 radical (unpaired) electrons. The van der Waals surface area contributed by atoms with Crippen molar-refractivity contribution in [3.05, 3.63) is 89.5 Å². The number of hydrogen-bond acceptors (Lipinski definition) is 4. The zero-order valence-corrected chi connectivity index (χ0v) is 15.8. The number of hydrogen-bond donors (Lipinski definition) is 2. The lowest BCUT2D eigenvalue weighted by Gasteiger charge is -2.10. The summed E-state index contributed by atoms with van der Waals surface area (Å²) in [6.07, 6.45) is 0. The highest BCUT2D eigenvalue weighted by molar-refractivity contribution is 7.92. The van der Waals surface area contributed by atoms with Crippen molar-refractivity contribution in [1.82, 2.24) is 10.3 Å². The molecule has 1 amide bonds. The molecule has 0 aliphatic heterocycles. The Morgan fingerprint density at radius 2 is 1.71 bits per heavy atom. The van der Waals surface area contributed by atoms with Crippen LogP contribution in [0.2, 0.25) is 0 Å². The van der Waals surface area contributed by atoms with E-state index in [2.05, 4.69) is 15.0 Å². The Balaban J connectivity index is 1.68. The van der Waals surface area contributed by atoms with E-state index >= 15 is 0 Å². The number of aromatic nitrogens is 1. The number of benzene rings is 2.